The van der Waals surface area contributed by atoms with Crippen molar-refractivity contribution in [3.63, 3.8) is 0 Å². The maximum atomic E-state index is 12.0. The molecule has 0 aliphatic heterocycles. The minimum Gasteiger partial charge on any atom is -0.494 e. The Balaban J connectivity index is 1.71. The molecule has 0 bridgehead atoms. The van der Waals surface area contributed by atoms with Gasteiger partial charge in [0.2, 0.25) is 0 Å². The lowest BCUT2D eigenvalue weighted by molar-refractivity contribution is 0.252. The summed E-state index contributed by atoms with van der Waals surface area (Å²) in [5.74, 6) is 0.825. The van der Waals surface area contributed by atoms with Crippen molar-refractivity contribution in [3.8, 4) is 5.75 Å². The average Bonchev–Trinajstić information content (AvgIpc) is 2.64. The second-order valence-electron chi connectivity index (χ2n) is 6.42. The number of benzene rings is 2. The van der Waals surface area contributed by atoms with Gasteiger partial charge in [-0.3, -0.25) is 0 Å². The average molecular weight is 355 g/mol. The van der Waals surface area contributed by atoms with E-state index in [0.29, 0.717) is 6.54 Å². The van der Waals surface area contributed by atoms with Crippen LogP contribution in [-0.2, 0) is 6.42 Å². The third-order valence-electron chi connectivity index (χ3n) is 4.03. The number of nitrogens with zero attached hydrogens (tertiary/aromatic N) is 1. The third-order valence-corrected chi connectivity index (χ3v) is 4.03. The first-order chi connectivity index (χ1) is 12.6. The SMILES string of the molecule is CCCCOc1ccc(NC(=O)NCCc2ccc(N(C)C)cc2)cc1. The lowest BCUT2D eigenvalue weighted by Gasteiger charge is -2.13. The topological polar surface area (TPSA) is 53.6 Å². The smallest absolute Gasteiger partial charge is 0.319 e. The van der Waals surface area contributed by atoms with E-state index in [4.69, 9.17) is 4.74 Å². The number of carbonyl (C=O) groups is 1. The fraction of sp³-hybridized carbons (Fsp3) is 0.381. The van der Waals surface area contributed by atoms with Crippen LogP contribution in [0.5, 0.6) is 5.75 Å². The molecule has 2 rings (SSSR count). The first kappa shape index (κ1) is 19.6. The first-order valence-electron chi connectivity index (χ1n) is 9.12. The number of hydrogen-bond donors (Lipinski definition) is 2. The first-order valence-corrected chi connectivity index (χ1v) is 9.12. The summed E-state index contributed by atoms with van der Waals surface area (Å²) in [4.78, 5) is 14.0. The van der Waals surface area contributed by atoms with Crippen LogP contribution in [0.25, 0.3) is 0 Å². The molecule has 0 heterocycles. The fourth-order valence-corrected chi connectivity index (χ4v) is 2.43. The Morgan fingerprint density at radius 1 is 1.04 bits per heavy atom. The van der Waals surface area contributed by atoms with E-state index in [-0.39, 0.29) is 6.03 Å². The van der Waals surface area contributed by atoms with Gasteiger partial charge in [-0.1, -0.05) is 25.5 Å². The largest absolute Gasteiger partial charge is 0.494 e. The molecule has 0 aromatic heterocycles. The molecule has 5 heteroatoms. The van der Waals surface area contributed by atoms with Gasteiger partial charge in [-0.05, 0) is 54.8 Å². The van der Waals surface area contributed by atoms with E-state index < -0.39 is 0 Å². The Morgan fingerprint density at radius 3 is 2.35 bits per heavy atom. The van der Waals surface area contributed by atoms with Gasteiger partial charge in [0.25, 0.3) is 0 Å². The normalized spacial score (nSPS) is 10.3. The van der Waals surface area contributed by atoms with Crippen LogP contribution in [-0.4, -0.2) is 33.3 Å². The number of rotatable bonds is 9. The van der Waals surface area contributed by atoms with E-state index in [1.807, 2.05) is 38.4 Å². The van der Waals surface area contributed by atoms with Gasteiger partial charge in [0.1, 0.15) is 5.75 Å². The summed E-state index contributed by atoms with van der Waals surface area (Å²) in [6.07, 6.45) is 2.95. The van der Waals surface area contributed by atoms with Crippen molar-refractivity contribution in [2.75, 3.05) is 37.5 Å². The predicted molar refractivity (Wildman–Crippen MR) is 108 cm³/mol. The second-order valence-corrected chi connectivity index (χ2v) is 6.42. The molecule has 2 aromatic rings. The van der Waals surface area contributed by atoms with Crippen molar-refractivity contribution in [2.45, 2.75) is 26.2 Å². The molecular formula is C21H29N3O2. The van der Waals surface area contributed by atoms with Crippen LogP contribution in [0.1, 0.15) is 25.3 Å². The van der Waals surface area contributed by atoms with E-state index in [0.717, 1.165) is 37.3 Å². The quantitative estimate of drug-likeness (QED) is 0.660. The Kier molecular flexibility index (Phi) is 7.80. The fourth-order valence-electron chi connectivity index (χ4n) is 2.43. The number of anilines is 2. The standard InChI is InChI=1S/C21H29N3O2/c1-4-5-16-26-20-12-8-18(9-13-20)23-21(25)22-15-14-17-6-10-19(11-7-17)24(2)3/h6-13H,4-5,14-16H2,1-3H3,(H2,22,23,25). The van der Waals surface area contributed by atoms with Gasteiger partial charge in [-0.15, -0.1) is 0 Å². The lowest BCUT2D eigenvalue weighted by Crippen LogP contribution is -2.30. The molecule has 2 aromatic carbocycles. The van der Waals surface area contributed by atoms with E-state index in [9.17, 15) is 4.79 Å². The Bertz CT molecular complexity index is 667. The maximum absolute atomic E-state index is 12.0. The highest BCUT2D eigenvalue weighted by molar-refractivity contribution is 5.89. The maximum Gasteiger partial charge on any atom is 0.319 e. The summed E-state index contributed by atoms with van der Waals surface area (Å²) >= 11 is 0. The van der Waals surface area contributed by atoms with E-state index in [2.05, 4.69) is 46.7 Å². The monoisotopic (exact) mass is 355 g/mol. The van der Waals surface area contributed by atoms with Crippen LogP contribution in [0.4, 0.5) is 16.2 Å². The number of ether oxygens (including phenoxy) is 1. The van der Waals surface area contributed by atoms with Gasteiger partial charge in [0.05, 0.1) is 6.61 Å². The second kappa shape index (κ2) is 10.3. The number of nitrogens with one attached hydrogen (secondary N) is 2. The van der Waals surface area contributed by atoms with Gasteiger partial charge >= 0.3 is 6.03 Å². The number of urea groups is 1. The van der Waals surface area contributed by atoms with Gasteiger partial charge in [0, 0.05) is 32.0 Å². The highest BCUT2D eigenvalue weighted by Gasteiger charge is 2.03. The summed E-state index contributed by atoms with van der Waals surface area (Å²) in [7, 11) is 4.04. The number of hydrogen-bond acceptors (Lipinski definition) is 3. The molecule has 140 valence electrons. The number of unbranched alkanes of at least 4 members (excludes halogenated alkanes) is 1. The molecule has 26 heavy (non-hydrogen) atoms. The van der Waals surface area contributed by atoms with Crippen molar-refractivity contribution in [2.24, 2.45) is 0 Å². The van der Waals surface area contributed by atoms with Gasteiger partial charge in [-0.25, -0.2) is 4.79 Å². The highest BCUT2D eigenvalue weighted by Crippen LogP contribution is 2.16. The molecule has 2 amide bonds. The summed E-state index contributed by atoms with van der Waals surface area (Å²) in [6.45, 7) is 3.44. The van der Waals surface area contributed by atoms with Crippen molar-refractivity contribution in [1.29, 1.82) is 0 Å². The van der Waals surface area contributed by atoms with E-state index in [1.165, 1.54) is 11.3 Å². The van der Waals surface area contributed by atoms with Crippen molar-refractivity contribution in [3.05, 3.63) is 54.1 Å². The molecule has 0 fully saturated rings. The summed E-state index contributed by atoms with van der Waals surface area (Å²) in [6, 6.07) is 15.6. The van der Waals surface area contributed by atoms with Crippen molar-refractivity contribution in [1.82, 2.24) is 5.32 Å². The molecule has 2 N–H and O–H groups in total. The van der Waals surface area contributed by atoms with Crippen LogP contribution in [0, 0.1) is 0 Å². The van der Waals surface area contributed by atoms with E-state index in [1.54, 1.807) is 0 Å². The number of amides is 2. The van der Waals surface area contributed by atoms with Gasteiger partial charge < -0.3 is 20.3 Å². The van der Waals surface area contributed by atoms with Crippen LogP contribution in [0.15, 0.2) is 48.5 Å². The van der Waals surface area contributed by atoms with Gasteiger partial charge in [0.15, 0.2) is 0 Å². The number of carbonyl (C=O) groups excluding carboxylic acids is 1. The molecule has 5 nitrogen and oxygen atoms in total. The highest BCUT2D eigenvalue weighted by atomic mass is 16.5. The Labute approximate surface area is 156 Å². The van der Waals surface area contributed by atoms with Crippen LogP contribution in [0.2, 0.25) is 0 Å². The Morgan fingerprint density at radius 2 is 1.73 bits per heavy atom. The summed E-state index contributed by atoms with van der Waals surface area (Å²) < 4.78 is 5.61. The summed E-state index contributed by atoms with van der Waals surface area (Å²) in [5, 5.41) is 5.72. The zero-order chi connectivity index (χ0) is 18.8. The van der Waals surface area contributed by atoms with Gasteiger partial charge in [-0.2, -0.15) is 0 Å². The third kappa shape index (κ3) is 6.67. The molecule has 0 radical (unpaired) electrons. The minimum atomic E-state index is -0.199. The minimum absolute atomic E-state index is 0.199. The molecule has 0 aliphatic rings. The van der Waals surface area contributed by atoms with Crippen LogP contribution in [0.3, 0.4) is 0 Å². The summed E-state index contributed by atoms with van der Waals surface area (Å²) in [5.41, 5.74) is 3.12. The Hall–Kier alpha value is -2.69. The molecule has 0 saturated heterocycles. The lowest BCUT2D eigenvalue weighted by atomic mass is 10.1. The molecule has 0 unspecified atom stereocenters. The van der Waals surface area contributed by atoms with Crippen molar-refractivity contribution >= 4 is 17.4 Å². The van der Waals surface area contributed by atoms with E-state index >= 15 is 0 Å². The molecule has 0 saturated carbocycles. The van der Waals surface area contributed by atoms with Crippen LogP contribution >= 0.6 is 0 Å². The molecule has 0 spiro atoms. The molecule has 0 atom stereocenters. The molecule has 0 aliphatic carbocycles. The predicted octanol–water partition coefficient (Wildman–Crippen LogP) is 4.30. The van der Waals surface area contributed by atoms with Crippen LogP contribution < -0.4 is 20.3 Å². The zero-order valence-electron chi connectivity index (χ0n) is 15.9. The zero-order valence-corrected chi connectivity index (χ0v) is 15.9. The van der Waals surface area contributed by atoms with Crippen molar-refractivity contribution < 1.29 is 9.53 Å². The molecular weight excluding hydrogens is 326 g/mol.